The zero-order valence-corrected chi connectivity index (χ0v) is 24.2. The molecule has 10 heteroatoms. The maximum absolute atomic E-state index is 5.10. The van der Waals surface area contributed by atoms with Crippen LogP contribution in [0.3, 0.4) is 0 Å². The predicted octanol–water partition coefficient (Wildman–Crippen LogP) is 7.68. The van der Waals surface area contributed by atoms with E-state index in [-0.39, 0.29) is 0 Å². The maximum atomic E-state index is 5.10. The van der Waals surface area contributed by atoms with Crippen LogP contribution in [0, 0.1) is 0 Å². The number of benzene rings is 2. The molecule has 0 fully saturated rings. The Morgan fingerprint density at radius 2 is 0.889 bits per heavy atom. The molecule has 0 saturated heterocycles. The van der Waals surface area contributed by atoms with Gasteiger partial charge in [0, 0.05) is 72.1 Å². The largest absolute Gasteiger partial charge is 0.245 e. The van der Waals surface area contributed by atoms with E-state index >= 15 is 0 Å². The van der Waals surface area contributed by atoms with Gasteiger partial charge in [-0.05, 0) is 72.8 Å². The van der Waals surface area contributed by atoms with E-state index in [0.717, 1.165) is 32.5 Å². The van der Waals surface area contributed by atoms with Crippen LogP contribution in [0.4, 0.5) is 0 Å². The average molecular weight is 598 g/mol. The topological polar surface area (TPSA) is 100 Å². The molecule has 0 aliphatic rings. The van der Waals surface area contributed by atoms with Crippen molar-refractivity contribution in [3.8, 4) is 23.3 Å². The Morgan fingerprint density at radius 3 is 1.42 bits per heavy atom. The summed E-state index contributed by atoms with van der Waals surface area (Å²) < 4.78 is 6.27. The third-order valence-electron chi connectivity index (χ3n) is 8.22. The highest BCUT2D eigenvalue weighted by atomic mass is 32.1. The molecule has 0 spiro atoms. The van der Waals surface area contributed by atoms with E-state index in [1.807, 2.05) is 57.7 Å². The third-order valence-corrected chi connectivity index (χ3v) is 9.37. The van der Waals surface area contributed by atoms with Crippen LogP contribution in [0.1, 0.15) is 0 Å². The summed E-state index contributed by atoms with van der Waals surface area (Å²) in [5, 5.41) is 6.24. The Kier molecular flexibility index (Phi) is 4.96. The Bertz CT molecular complexity index is 2550. The lowest BCUT2D eigenvalue weighted by molar-refractivity contribution is 0.875. The van der Waals surface area contributed by atoms with Gasteiger partial charge in [-0.1, -0.05) is 18.2 Å². The molecule has 0 aliphatic carbocycles. The molecule has 0 N–H and O–H groups in total. The van der Waals surface area contributed by atoms with Crippen LogP contribution < -0.4 is 0 Å². The first-order valence-electron chi connectivity index (χ1n) is 14.4. The van der Waals surface area contributed by atoms with E-state index in [4.69, 9.17) is 34.9 Å². The molecule has 0 radical (unpaired) electrons. The van der Waals surface area contributed by atoms with Crippen LogP contribution in [0.5, 0.6) is 0 Å². The summed E-state index contributed by atoms with van der Waals surface area (Å²) in [6.07, 6.45) is 7.10. The lowest BCUT2D eigenvalue weighted by atomic mass is 10.1. The fourth-order valence-corrected chi connectivity index (χ4v) is 7.36. The molecule has 210 valence electrons. The van der Waals surface area contributed by atoms with Crippen molar-refractivity contribution in [2.75, 3.05) is 0 Å². The minimum atomic E-state index is 0.407. The molecule has 9 nitrogen and oxygen atoms in total. The van der Waals surface area contributed by atoms with Gasteiger partial charge in [0.2, 0.25) is 11.9 Å². The number of hydrogen-bond donors (Lipinski definition) is 0. The van der Waals surface area contributed by atoms with Crippen molar-refractivity contribution in [1.29, 1.82) is 0 Å². The van der Waals surface area contributed by atoms with Crippen molar-refractivity contribution in [2.45, 2.75) is 0 Å². The third kappa shape index (κ3) is 3.51. The fraction of sp³-hybridized carbons (Fsp3) is 0. The average Bonchev–Trinajstić information content (AvgIpc) is 3.75. The first-order chi connectivity index (χ1) is 22.3. The van der Waals surface area contributed by atoms with E-state index in [2.05, 4.69) is 42.5 Å². The Hall–Kier alpha value is -6.13. The van der Waals surface area contributed by atoms with E-state index in [1.165, 1.54) is 14.8 Å². The van der Waals surface area contributed by atoms with Gasteiger partial charge < -0.3 is 0 Å². The minimum absolute atomic E-state index is 0.407. The summed E-state index contributed by atoms with van der Waals surface area (Å²) in [5.74, 6) is 1.34. The van der Waals surface area contributed by atoms with Crippen LogP contribution in [0.2, 0.25) is 0 Å². The van der Waals surface area contributed by atoms with Gasteiger partial charge in [0.05, 0.1) is 0 Å². The number of nitrogens with zero attached hydrogens (tertiary/aromatic N) is 9. The minimum Gasteiger partial charge on any atom is -0.245 e. The molecule has 8 heterocycles. The van der Waals surface area contributed by atoms with E-state index in [0.29, 0.717) is 40.3 Å². The van der Waals surface area contributed by atoms with Crippen LogP contribution in [0.25, 0.3) is 87.6 Å². The van der Waals surface area contributed by atoms with Crippen molar-refractivity contribution in [3.63, 3.8) is 0 Å². The van der Waals surface area contributed by atoms with Crippen LogP contribution in [-0.4, -0.2) is 44.0 Å². The molecule has 10 aromatic rings. The summed E-state index contributed by atoms with van der Waals surface area (Å²) in [6.45, 7) is 0. The highest BCUT2D eigenvalue weighted by Gasteiger charge is 2.22. The SMILES string of the molecule is c1ccc2c(c1)sc1ccc(-c3nc(-n4c5ncccc5c5cccnc54)nc(-n4c5ncccc5c5cccnc54)n3)cc12. The van der Waals surface area contributed by atoms with Gasteiger partial charge in [0.15, 0.2) is 5.82 Å². The molecule has 0 bridgehead atoms. The molecular formula is C35H19N9S. The molecule has 2 aromatic carbocycles. The van der Waals surface area contributed by atoms with Crippen molar-refractivity contribution in [1.82, 2.24) is 44.0 Å². The number of thiophene rings is 1. The zero-order chi connectivity index (χ0) is 29.5. The molecular weight excluding hydrogens is 579 g/mol. The Balaban J connectivity index is 1.32. The highest BCUT2D eigenvalue weighted by Crippen LogP contribution is 2.37. The number of pyridine rings is 4. The second kappa shape index (κ2) is 9.18. The van der Waals surface area contributed by atoms with E-state index in [1.54, 1.807) is 36.1 Å². The van der Waals surface area contributed by atoms with Gasteiger partial charge in [0.1, 0.15) is 22.6 Å². The number of aromatic nitrogens is 9. The van der Waals surface area contributed by atoms with Gasteiger partial charge in [-0.2, -0.15) is 15.0 Å². The summed E-state index contributed by atoms with van der Waals surface area (Å²) in [7, 11) is 0. The Morgan fingerprint density at radius 1 is 0.422 bits per heavy atom. The number of fused-ring (bicyclic) bond motifs is 9. The smallest absolute Gasteiger partial charge is 0.242 e. The molecule has 0 aliphatic heterocycles. The second-order valence-electron chi connectivity index (χ2n) is 10.7. The number of hydrogen-bond acceptors (Lipinski definition) is 8. The lowest BCUT2D eigenvalue weighted by Crippen LogP contribution is -2.11. The van der Waals surface area contributed by atoms with Crippen molar-refractivity contribution in [3.05, 3.63) is 116 Å². The van der Waals surface area contributed by atoms with Gasteiger partial charge in [0.25, 0.3) is 0 Å². The van der Waals surface area contributed by atoms with Crippen LogP contribution in [-0.2, 0) is 0 Å². The normalized spacial score (nSPS) is 12.0. The summed E-state index contributed by atoms with van der Waals surface area (Å²) in [4.78, 5) is 34.3. The standard InChI is InChI=1S/C35H19N9S/c1-2-12-27-21(7-1)26-19-20(13-14-28(26)45-27)29-40-34(43-30-22(8-3-15-36-30)23-9-4-16-37-31(23)43)42-35(41-29)44-32-24(10-5-17-38-32)25-11-6-18-39-33(25)44/h1-19H. The van der Waals surface area contributed by atoms with Crippen molar-refractivity contribution < 1.29 is 0 Å². The molecule has 10 rings (SSSR count). The van der Waals surface area contributed by atoms with Crippen molar-refractivity contribution >= 4 is 75.6 Å². The monoisotopic (exact) mass is 597 g/mol. The van der Waals surface area contributed by atoms with E-state index in [9.17, 15) is 0 Å². The molecule has 0 atom stereocenters. The fourth-order valence-electron chi connectivity index (χ4n) is 6.27. The predicted molar refractivity (Wildman–Crippen MR) is 178 cm³/mol. The van der Waals surface area contributed by atoms with Gasteiger partial charge >= 0.3 is 0 Å². The quantitative estimate of drug-likeness (QED) is 0.206. The summed E-state index contributed by atoms with van der Waals surface area (Å²) in [6, 6.07) is 30.7. The van der Waals surface area contributed by atoms with E-state index < -0.39 is 0 Å². The first-order valence-corrected chi connectivity index (χ1v) is 15.2. The lowest BCUT2D eigenvalue weighted by Gasteiger charge is -2.11. The summed E-state index contributed by atoms with van der Waals surface area (Å²) in [5.41, 5.74) is 3.73. The van der Waals surface area contributed by atoms with Gasteiger partial charge in [-0.25, -0.2) is 29.1 Å². The molecule has 0 unspecified atom stereocenters. The van der Waals surface area contributed by atoms with Gasteiger partial charge in [-0.15, -0.1) is 11.3 Å². The van der Waals surface area contributed by atoms with Gasteiger partial charge in [-0.3, -0.25) is 0 Å². The second-order valence-corrected chi connectivity index (χ2v) is 11.8. The molecule has 8 aromatic heterocycles. The Labute approximate surface area is 258 Å². The maximum Gasteiger partial charge on any atom is 0.242 e. The van der Waals surface area contributed by atoms with Crippen molar-refractivity contribution in [2.24, 2.45) is 0 Å². The number of rotatable bonds is 3. The van der Waals surface area contributed by atoms with Crippen LogP contribution in [0.15, 0.2) is 116 Å². The van der Waals surface area contributed by atoms with Crippen LogP contribution >= 0.6 is 11.3 Å². The first kappa shape index (κ1) is 24.3. The summed E-state index contributed by atoms with van der Waals surface area (Å²) >= 11 is 1.78. The molecule has 45 heavy (non-hydrogen) atoms. The zero-order valence-electron chi connectivity index (χ0n) is 23.4. The molecule has 0 amide bonds. The highest BCUT2D eigenvalue weighted by molar-refractivity contribution is 7.25. The molecule has 0 saturated carbocycles.